The Morgan fingerprint density at radius 1 is 0.522 bits per heavy atom. The first-order valence-corrected chi connectivity index (χ1v) is 7.46. The first-order chi connectivity index (χ1) is 11.4. The van der Waals surface area contributed by atoms with Crippen molar-refractivity contribution in [2.24, 2.45) is 0 Å². The minimum atomic E-state index is 0.827. The van der Waals surface area contributed by atoms with Gasteiger partial charge in [-0.15, -0.1) is 0 Å². The molecule has 5 nitrogen and oxygen atoms in total. The summed E-state index contributed by atoms with van der Waals surface area (Å²) >= 11 is 0. The summed E-state index contributed by atoms with van der Waals surface area (Å²) in [6.45, 7) is 0. The molecule has 23 heavy (non-hydrogen) atoms. The second-order valence-electron chi connectivity index (χ2n) is 5.49. The highest BCUT2D eigenvalue weighted by molar-refractivity contribution is 5.80. The molecule has 5 rings (SSSR count). The molecule has 0 aliphatic carbocycles. The molecular formula is C18H13N5. The summed E-state index contributed by atoms with van der Waals surface area (Å²) in [5.74, 6) is 1.65. The predicted molar refractivity (Wildman–Crippen MR) is 91.0 cm³/mol. The van der Waals surface area contributed by atoms with E-state index in [4.69, 9.17) is 0 Å². The molecule has 0 unspecified atom stereocenters. The minimum Gasteiger partial charge on any atom is -0.349 e. The Morgan fingerprint density at radius 2 is 1.00 bits per heavy atom. The van der Waals surface area contributed by atoms with Crippen LogP contribution in [-0.2, 0) is 0 Å². The molecule has 0 radical (unpaired) electrons. The topological polar surface area (TPSA) is 73.2 Å². The van der Waals surface area contributed by atoms with E-state index < -0.39 is 0 Å². The van der Waals surface area contributed by atoms with E-state index in [1.54, 1.807) is 0 Å². The van der Waals surface area contributed by atoms with Crippen molar-refractivity contribution >= 4 is 22.1 Å². The number of benzene rings is 2. The van der Waals surface area contributed by atoms with Gasteiger partial charge in [-0.25, -0.2) is 9.97 Å². The Hall–Kier alpha value is -3.34. The number of hydrogen-bond acceptors (Lipinski definition) is 2. The van der Waals surface area contributed by atoms with E-state index in [-0.39, 0.29) is 0 Å². The van der Waals surface area contributed by atoms with Gasteiger partial charge in [0.15, 0.2) is 11.6 Å². The van der Waals surface area contributed by atoms with Crippen molar-refractivity contribution in [3.05, 3.63) is 60.7 Å². The molecule has 0 amide bonds. The van der Waals surface area contributed by atoms with E-state index >= 15 is 0 Å². The van der Waals surface area contributed by atoms with Crippen LogP contribution >= 0.6 is 0 Å². The van der Waals surface area contributed by atoms with E-state index in [1.807, 2.05) is 60.7 Å². The van der Waals surface area contributed by atoms with Crippen LogP contribution in [-0.4, -0.2) is 24.9 Å². The van der Waals surface area contributed by atoms with E-state index in [1.165, 1.54) is 0 Å². The van der Waals surface area contributed by atoms with E-state index in [2.05, 4.69) is 24.9 Å². The largest absolute Gasteiger partial charge is 0.349 e. The lowest BCUT2D eigenvalue weighted by molar-refractivity contribution is 1.24. The molecule has 3 N–H and O–H groups in total. The summed E-state index contributed by atoms with van der Waals surface area (Å²) in [7, 11) is 0. The van der Waals surface area contributed by atoms with Crippen molar-refractivity contribution < 1.29 is 0 Å². The fourth-order valence-electron chi connectivity index (χ4n) is 2.83. The lowest BCUT2D eigenvalue weighted by Gasteiger charge is -1.92. The molecule has 0 aliphatic heterocycles. The van der Waals surface area contributed by atoms with Gasteiger partial charge in [0.2, 0.25) is 0 Å². The first kappa shape index (κ1) is 12.2. The molecule has 0 fully saturated rings. The predicted octanol–water partition coefficient (Wildman–Crippen LogP) is 4.10. The van der Waals surface area contributed by atoms with Gasteiger partial charge in [-0.1, -0.05) is 24.3 Å². The number of para-hydroxylation sites is 4. The maximum absolute atomic E-state index is 4.62. The number of imidazole rings is 2. The van der Waals surface area contributed by atoms with Crippen LogP contribution in [0.3, 0.4) is 0 Å². The SMILES string of the molecule is c1ccc2[nH]c(-c3ccc(-c4nc5ccccc5[nH]4)[nH]3)nc2c1. The van der Waals surface area contributed by atoms with Gasteiger partial charge in [-0.2, -0.15) is 0 Å². The van der Waals surface area contributed by atoms with Crippen LogP contribution in [0, 0.1) is 0 Å². The summed E-state index contributed by atoms with van der Waals surface area (Å²) < 4.78 is 0. The quantitative estimate of drug-likeness (QED) is 0.459. The zero-order valence-corrected chi connectivity index (χ0v) is 12.2. The van der Waals surface area contributed by atoms with Gasteiger partial charge < -0.3 is 15.0 Å². The Morgan fingerprint density at radius 3 is 1.48 bits per heavy atom. The van der Waals surface area contributed by atoms with Gasteiger partial charge in [0.25, 0.3) is 0 Å². The summed E-state index contributed by atoms with van der Waals surface area (Å²) in [4.78, 5) is 19.3. The summed E-state index contributed by atoms with van der Waals surface area (Å²) in [6.07, 6.45) is 0. The molecule has 0 saturated heterocycles. The molecule has 5 aromatic rings. The summed E-state index contributed by atoms with van der Waals surface area (Å²) in [5.41, 5.74) is 5.86. The zero-order valence-electron chi connectivity index (χ0n) is 12.2. The highest BCUT2D eigenvalue weighted by atomic mass is 15.0. The molecule has 3 heterocycles. The maximum Gasteiger partial charge on any atom is 0.154 e. The molecule has 3 aromatic heterocycles. The van der Waals surface area contributed by atoms with Gasteiger partial charge in [0.05, 0.1) is 33.5 Å². The number of aromatic nitrogens is 5. The Balaban J connectivity index is 1.59. The summed E-state index contributed by atoms with van der Waals surface area (Å²) in [5, 5.41) is 0. The van der Waals surface area contributed by atoms with Crippen LogP contribution < -0.4 is 0 Å². The Bertz CT molecular complexity index is 974. The van der Waals surface area contributed by atoms with Crippen molar-refractivity contribution in [3.63, 3.8) is 0 Å². The number of rotatable bonds is 2. The molecular weight excluding hydrogens is 286 g/mol. The molecule has 0 aliphatic rings. The molecule has 2 aromatic carbocycles. The number of hydrogen-bond donors (Lipinski definition) is 3. The third-order valence-corrected chi connectivity index (χ3v) is 3.97. The minimum absolute atomic E-state index is 0.827. The fraction of sp³-hybridized carbons (Fsp3) is 0. The standard InChI is InChI=1S/C18H13N5/c1-2-6-12-11(5-1)20-17(21-12)15-9-10-16(19-15)18-22-13-7-3-4-8-14(13)23-18/h1-10,19H,(H,20,21)(H,22,23). The zero-order chi connectivity index (χ0) is 15.2. The van der Waals surface area contributed by atoms with Gasteiger partial charge in [-0.05, 0) is 36.4 Å². The molecule has 0 spiro atoms. The smallest absolute Gasteiger partial charge is 0.154 e. The molecule has 110 valence electrons. The van der Waals surface area contributed by atoms with Gasteiger partial charge >= 0.3 is 0 Å². The molecule has 0 saturated carbocycles. The van der Waals surface area contributed by atoms with Crippen molar-refractivity contribution in [3.8, 4) is 23.0 Å². The second-order valence-corrected chi connectivity index (χ2v) is 5.49. The highest BCUT2D eigenvalue weighted by Crippen LogP contribution is 2.24. The molecule has 0 bridgehead atoms. The van der Waals surface area contributed by atoms with Crippen LogP contribution in [0.2, 0.25) is 0 Å². The van der Waals surface area contributed by atoms with Crippen molar-refractivity contribution in [1.29, 1.82) is 0 Å². The molecule has 5 heteroatoms. The van der Waals surface area contributed by atoms with E-state index in [9.17, 15) is 0 Å². The van der Waals surface area contributed by atoms with Crippen molar-refractivity contribution in [2.75, 3.05) is 0 Å². The molecule has 0 atom stereocenters. The number of nitrogens with one attached hydrogen (secondary N) is 3. The average Bonchev–Trinajstić information content (AvgIpc) is 3.30. The van der Waals surface area contributed by atoms with Crippen molar-refractivity contribution in [2.45, 2.75) is 0 Å². The third kappa shape index (κ3) is 1.94. The lowest BCUT2D eigenvalue weighted by Crippen LogP contribution is -1.83. The first-order valence-electron chi connectivity index (χ1n) is 7.46. The van der Waals surface area contributed by atoms with Crippen LogP contribution in [0.25, 0.3) is 45.1 Å². The van der Waals surface area contributed by atoms with Crippen LogP contribution in [0.4, 0.5) is 0 Å². The van der Waals surface area contributed by atoms with Crippen LogP contribution in [0.15, 0.2) is 60.7 Å². The average molecular weight is 299 g/mol. The monoisotopic (exact) mass is 299 g/mol. The Labute approximate surface area is 131 Å². The van der Waals surface area contributed by atoms with Crippen LogP contribution in [0.5, 0.6) is 0 Å². The van der Waals surface area contributed by atoms with Crippen LogP contribution in [0.1, 0.15) is 0 Å². The third-order valence-electron chi connectivity index (χ3n) is 3.97. The van der Waals surface area contributed by atoms with E-state index in [0.29, 0.717) is 0 Å². The number of H-pyrrole nitrogens is 3. The lowest BCUT2D eigenvalue weighted by atomic mass is 10.3. The summed E-state index contributed by atoms with van der Waals surface area (Å²) in [6, 6.07) is 20.0. The van der Waals surface area contributed by atoms with E-state index in [0.717, 1.165) is 45.1 Å². The van der Waals surface area contributed by atoms with Crippen molar-refractivity contribution in [1.82, 2.24) is 24.9 Å². The number of aromatic amines is 3. The second kappa shape index (κ2) is 4.58. The Kier molecular flexibility index (Phi) is 2.43. The normalized spacial score (nSPS) is 11.5. The van der Waals surface area contributed by atoms with Gasteiger partial charge in [0, 0.05) is 0 Å². The maximum atomic E-state index is 4.62. The highest BCUT2D eigenvalue weighted by Gasteiger charge is 2.10. The number of fused-ring (bicyclic) bond motifs is 2. The number of nitrogens with zero attached hydrogens (tertiary/aromatic N) is 2. The fourth-order valence-corrected chi connectivity index (χ4v) is 2.83. The van der Waals surface area contributed by atoms with Gasteiger partial charge in [0.1, 0.15) is 0 Å². The van der Waals surface area contributed by atoms with Gasteiger partial charge in [-0.3, -0.25) is 0 Å².